The monoisotopic (exact) mass is 550 g/mol. The highest BCUT2D eigenvalue weighted by atomic mass is 32.2. The predicted octanol–water partition coefficient (Wildman–Crippen LogP) is 4.76. The topological polar surface area (TPSA) is 101 Å². The van der Waals surface area contributed by atoms with Gasteiger partial charge in [-0.05, 0) is 61.9 Å². The number of carbonyl (C=O) groups is 1. The first-order chi connectivity index (χ1) is 18.1. The molecule has 0 saturated heterocycles. The maximum absolute atomic E-state index is 13.5. The first kappa shape index (κ1) is 27.6. The maximum atomic E-state index is 13.5. The third kappa shape index (κ3) is 5.67. The van der Waals surface area contributed by atoms with Crippen LogP contribution >= 0.6 is 11.8 Å². The zero-order valence-corrected chi connectivity index (χ0v) is 23.4. The van der Waals surface area contributed by atoms with Gasteiger partial charge < -0.3 is 5.32 Å². The number of amides is 1. The molecule has 198 valence electrons. The lowest BCUT2D eigenvalue weighted by atomic mass is 10.1. The molecule has 0 fully saturated rings. The molecule has 0 aliphatic carbocycles. The molecule has 0 atom stereocenters. The fourth-order valence-electron chi connectivity index (χ4n) is 4.23. The number of carbonyl (C=O) groups excluding carboxylic acids is 1. The molecule has 1 N–H and O–H groups in total. The molecule has 1 aromatic heterocycles. The lowest BCUT2D eigenvalue weighted by molar-refractivity contribution is -0.113. The van der Waals surface area contributed by atoms with Gasteiger partial charge in [0.1, 0.15) is 0 Å². The van der Waals surface area contributed by atoms with Crippen LogP contribution < -0.4 is 10.9 Å². The number of rotatable bonds is 9. The Hall–Kier alpha value is -3.47. The minimum Gasteiger partial charge on any atom is -0.325 e. The summed E-state index contributed by atoms with van der Waals surface area (Å²) in [4.78, 5) is 31.2. The lowest BCUT2D eigenvalue weighted by Crippen LogP contribution is -2.30. The molecule has 4 aromatic rings. The highest BCUT2D eigenvalue weighted by Gasteiger charge is 2.21. The van der Waals surface area contributed by atoms with E-state index in [1.807, 2.05) is 38.1 Å². The van der Waals surface area contributed by atoms with E-state index in [0.717, 1.165) is 11.1 Å². The Morgan fingerprint density at radius 2 is 1.68 bits per heavy atom. The van der Waals surface area contributed by atoms with Crippen molar-refractivity contribution in [1.29, 1.82) is 0 Å². The first-order valence-electron chi connectivity index (χ1n) is 12.3. The van der Waals surface area contributed by atoms with Gasteiger partial charge in [0.05, 0.1) is 27.2 Å². The van der Waals surface area contributed by atoms with Crippen LogP contribution in [0, 0.1) is 13.8 Å². The number of hydrogen-bond donors (Lipinski definition) is 1. The molecule has 0 bridgehead atoms. The zero-order chi connectivity index (χ0) is 27.4. The molecule has 4 rings (SSSR count). The number of para-hydroxylation sites is 1. The van der Waals surface area contributed by atoms with Crippen molar-refractivity contribution in [2.24, 2.45) is 0 Å². The molecule has 8 nitrogen and oxygen atoms in total. The molecular weight excluding hydrogens is 520 g/mol. The number of aromatic nitrogens is 2. The summed E-state index contributed by atoms with van der Waals surface area (Å²) >= 11 is 1.17. The smallest absolute Gasteiger partial charge is 0.266 e. The number of fused-ring (bicyclic) bond motifs is 1. The van der Waals surface area contributed by atoms with Gasteiger partial charge in [-0.25, -0.2) is 13.4 Å². The summed E-state index contributed by atoms with van der Waals surface area (Å²) in [6, 6.07) is 19.1. The van der Waals surface area contributed by atoms with Crippen LogP contribution in [0.5, 0.6) is 0 Å². The van der Waals surface area contributed by atoms with Gasteiger partial charge >= 0.3 is 0 Å². The normalized spacial score (nSPS) is 11.7. The summed E-state index contributed by atoms with van der Waals surface area (Å²) in [5, 5.41) is 3.71. The van der Waals surface area contributed by atoms with E-state index in [4.69, 9.17) is 4.98 Å². The maximum Gasteiger partial charge on any atom is 0.266 e. The summed E-state index contributed by atoms with van der Waals surface area (Å²) in [5.74, 6) is -0.293. The van der Waals surface area contributed by atoms with Crippen molar-refractivity contribution in [3.8, 4) is 5.69 Å². The average Bonchev–Trinajstić information content (AvgIpc) is 2.89. The SMILES string of the molecule is CCN(CC)S(=O)(=O)c1ccc(NC(=O)CSc2nc3ccccc3c(=O)n2-c2ccc(C)cc2C)cc1. The Bertz CT molecular complexity index is 1640. The van der Waals surface area contributed by atoms with E-state index in [-0.39, 0.29) is 22.1 Å². The van der Waals surface area contributed by atoms with Gasteiger partial charge in [-0.3, -0.25) is 14.2 Å². The van der Waals surface area contributed by atoms with Crippen LogP contribution in [0.25, 0.3) is 16.6 Å². The van der Waals surface area contributed by atoms with Gasteiger partial charge in [0, 0.05) is 18.8 Å². The number of nitrogens with one attached hydrogen (secondary N) is 1. The van der Waals surface area contributed by atoms with Gasteiger partial charge in [0.15, 0.2) is 5.16 Å². The minimum absolute atomic E-state index is 0.00911. The summed E-state index contributed by atoms with van der Waals surface area (Å²) in [6.45, 7) is 8.27. The molecule has 0 unspecified atom stereocenters. The fraction of sp³-hybridized carbons (Fsp3) is 0.250. The van der Waals surface area contributed by atoms with Crippen LogP contribution in [-0.2, 0) is 14.8 Å². The van der Waals surface area contributed by atoms with E-state index < -0.39 is 10.0 Å². The molecule has 3 aromatic carbocycles. The van der Waals surface area contributed by atoms with Crippen molar-refractivity contribution in [3.05, 3.63) is 88.2 Å². The first-order valence-corrected chi connectivity index (χ1v) is 14.7. The molecular formula is C28H30N4O4S2. The van der Waals surface area contributed by atoms with Crippen LogP contribution in [0.4, 0.5) is 5.69 Å². The Labute approximate surface area is 226 Å². The van der Waals surface area contributed by atoms with E-state index >= 15 is 0 Å². The molecule has 1 heterocycles. The van der Waals surface area contributed by atoms with Gasteiger partial charge in [0.25, 0.3) is 5.56 Å². The van der Waals surface area contributed by atoms with Gasteiger partial charge in [0.2, 0.25) is 15.9 Å². The number of sulfonamides is 1. The number of nitrogens with zero attached hydrogens (tertiary/aromatic N) is 3. The standard InChI is InChI=1S/C28H30N4O4S2/c1-5-31(6-2)38(35,36)22-14-12-21(13-15-22)29-26(33)18-37-28-30-24-10-8-7-9-23(24)27(34)32(28)25-16-11-19(3)17-20(25)4/h7-17H,5-6,18H2,1-4H3,(H,29,33). The Morgan fingerprint density at radius 1 is 1.00 bits per heavy atom. The van der Waals surface area contributed by atoms with Crippen LogP contribution in [0.3, 0.4) is 0 Å². The van der Waals surface area contributed by atoms with Crippen molar-refractivity contribution in [1.82, 2.24) is 13.9 Å². The molecule has 0 aliphatic heterocycles. The Balaban J connectivity index is 1.57. The second-order valence-electron chi connectivity index (χ2n) is 8.79. The lowest BCUT2D eigenvalue weighted by Gasteiger charge is -2.18. The van der Waals surface area contributed by atoms with E-state index in [9.17, 15) is 18.0 Å². The minimum atomic E-state index is -3.58. The molecule has 1 amide bonds. The number of benzene rings is 3. The fourth-order valence-corrected chi connectivity index (χ4v) is 6.49. The molecule has 38 heavy (non-hydrogen) atoms. The number of anilines is 1. The summed E-state index contributed by atoms with van der Waals surface area (Å²) in [5.41, 5.74) is 3.56. The average molecular weight is 551 g/mol. The summed E-state index contributed by atoms with van der Waals surface area (Å²) in [7, 11) is -3.58. The molecule has 0 saturated carbocycles. The van der Waals surface area contributed by atoms with E-state index in [1.165, 1.54) is 28.2 Å². The number of aryl methyl sites for hydroxylation is 2. The Morgan fingerprint density at radius 3 is 2.34 bits per heavy atom. The van der Waals surface area contributed by atoms with Crippen LogP contribution in [-0.4, -0.2) is 47.0 Å². The number of hydrogen-bond acceptors (Lipinski definition) is 6. The van der Waals surface area contributed by atoms with Crippen molar-refractivity contribution >= 4 is 44.3 Å². The highest BCUT2D eigenvalue weighted by molar-refractivity contribution is 7.99. The molecule has 0 aliphatic rings. The van der Waals surface area contributed by atoms with Crippen LogP contribution in [0.15, 0.2) is 81.6 Å². The van der Waals surface area contributed by atoms with Gasteiger partial charge in [-0.2, -0.15) is 4.31 Å². The quantitative estimate of drug-likeness (QED) is 0.238. The van der Waals surface area contributed by atoms with Crippen LogP contribution in [0.2, 0.25) is 0 Å². The zero-order valence-electron chi connectivity index (χ0n) is 21.8. The van der Waals surface area contributed by atoms with Gasteiger partial charge in [-0.15, -0.1) is 0 Å². The summed E-state index contributed by atoms with van der Waals surface area (Å²) < 4.78 is 28.3. The van der Waals surface area contributed by atoms with E-state index in [1.54, 1.807) is 48.7 Å². The highest BCUT2D eigenvalue weighted by Crippen LogP contribution is 2.24. The van der Waals surface area contributed by atoms with Crippen molar-refractivity contribution < 1.29 is 13.2 Å². The molecule has 0 spiro atoms. The third-order valence-electron chi connectivity index (χ3n) is 6.15. The second kappa shape index (κ2) is 11.5. The summed E-state index contributed by atoms with van der Waals surface area (Å²) in [6.07, 6.45) is 0. The second-order valence-corrected chi connectivity index (χ2v) is 11.7. The van der Waals surface area contributed by atoms with E-state index in [0.29, 0.717) is 40.5 Å². The van der Waals surface area contributed by atoms with Crippen molar-refractivity contribution in [2.45, 2.75) is 37.7 Å². The predicted molar refractivity (Wildman–Crippen MR) is 153 cm³/mol. The molecule has 10 heteroatoms. The third-order valence-corrected chi connectivity index (χ3v) is 9.15. The largest absolute Gasteiger partial charge is 0.325 e. The van der Waals surface area contributed by atoms with Crippen LogP contribution in [0.1, 0.15) is 25.0 Å². The van der Waals surface area contributed by atoms with Crippen molar-refractivity contribution in [3.63, 3.8) is 0 Å². The van der Waals surface area contributed by atoms with Gasteiger partial charge in [-0.1, -0.05) is 55.4 Å². The van der Waals surface area contributed by atoms with Crippen molar-refractivity contribution in [2.75, 3.05) is 24.2 Å². The number of thioether (sulfide) groups is 1. The van der Waals surface area contributed by atoms with E-state index in [2.05, 4.69) is 5.32 Å². The molecule has 0 radical (unpaired) electrons. The Kier molecular flexibility index (Phi) is 8.35.